The summed E-state index contributed by atoms with van der Waals surface area (Å²) in [6, 6.07) is 0.198. The monoisotopic (exact) mass is 337 g/mol. The van der Waals surface area contributed by atoms with E-state index < -0.39 is 0 Å². The molecule has 1 N–H and O–H groups in total. The molecule has 2 atom stereocenters. The molecule has 0 fully saturated rings. The van der Waals surface area contributed by atoms with Crippen LogP contribution in [0.25, 0.3) is 0 Å². The van der Waals surface area contributed by atoms with Crippen LogP contribution in [0.15, 0.2) is 10.7 Å². The maximum atomic E-state index is 12.4. The molecule has 0 aromatic carbocycles. The summed E-state index contributed by atoms with van der Waals surface area (Å²) in [5.74, 6) is 0.260. The van der Waals surface area contributed by atoms with Gasteiger partial charge in [0.05, 0.1) is 6.54 Å². The third-order valence-electron chi connectivity index (χ3n) is 4.27. The molecule has 0 aliphatic rings. The molecule has 1 heterocycles. The Bertz CT molecular complexity index is 527. The van der Waals surface area contributed by atoms with Gasteiger partial charge in [0.2, 0.25) is 11.8 Å². The van der Waals surface area contributed by atoms with Crippen LogP contribution in [0.4, 0.5) is 0 Å². The molecule has 6 heteroatoms. The first kappa shape index (κ1) is 20.2. The molecule has 1 aromatic rings. The standard InChI is InChI=1S/C18H31N3O3/c1-6-9-10-17(22)21(14(5)8-3)11-16-20-15(12-24-16)18(23)19-13(4)7-2/h12-14H,6-11H2,1-5H3,(H,19,23)/t13-,14+/m0/s1. The summed E-state index contributed by atoms with van der Waals surface area (Å²) in [5, 5.41) is 2.86. The molecule has 2 amide bonds. The van der Waals surface area contributed by atoms with Crippen LogP contribution in [0.2, 0.25) is 0 Å². The van der Waals surface area contributed by atoms with Crippen molar-refractivity contribution in [2.45, 2.75) is 85.4 Å². The van der Waals surface area contributed by atoms with Gasteiger partial charge in [-0.15, -0.1) is 0 Å². The molecule has 0 saturated carbocycles. The minimum absolute atomic E-state index is 0.0879. The predicted molar refractivity (Wildman–Crippen MR) is 93.6 cm³/mol. The van der Waals surface area contributed by atoms with Gasteiger partial charge in [0.1, 0.15) is 6.26 Å². The normalized spacial score (nSPS) is 13.4. The average molecular weight is 337 g/mol. The Morgan fingerprint density at radius 1 is 1.25 bits per heavy atom. The molecule has 0 radical (unpaired) electrons. The molecular weight excluding hydrogens is 306 g/mol. The fourth-order valence-corrected chi connectivity index (χ4v) is 2.22. The molecule has 0 aliphatic carbocycles. The number of nitrogens with zero attached hydrogens (tertiary/aromatic N) is 2. The Hall–Kier alpha value is -1.85. The molecule has 0 saturated heterocycles. The lowest BCUT2D eigenvalue weighted by Gasteiger charge is -2.27. The lowest BCUT2D eigenvalue weighted by atomic mass is 10.1. The van der Waals surface area contributed by atoms with E-state index in [1.54, 1.807) is 4.90 Å². The number of nitrogens with one attached hydrogen (secondary N) is 1. The van der Waals surface area contributed by atoms with E-state index in [0.717, 1.165) is 25.7 Å². The molecule has 0 aliphatic heterocycles. The number of rotatable bonds is 10. The van der Waals surface area contributed by atoms with E-state index in [4.69, 9.17) is 4.42 Å². The highest BCUT2D eigenvalue weighted by Gasteiger charge is 2.22. The van der Waals surface area contributed by atoms with Crippen molar-refractivity contribution in [1.29, 1.82) is 0 Å². The zero-order valence-corrected chi connectivity index (χ0v) is 15.6. The summed E-state index contributed by atoms with van der Waals surface area (Å²) in [7, 11) is 0. The quantitative estimate of drug-likeness (QED) is 0.709. The number of amides is 2. The summed E-state index contributed by atoms with van der Waals surface area (Å²) in [4.78, 5) is 30.5. The number of unbranched alkanes of at least 4 members (excludes halogenated alkanes) is 1. The van der Waals surface area contributed by atoms with Gasteiger partial charge in [-0.05, 0) is 33.1 Å². The third-order valence-corrected chi connectivity index (χ3v) is 4.27. The number of carbonyl (C=O) groups is 2. The molecule has 1 aromatic heterocycles. The minimum atomic E-state index is -0.244. The summed E-state index contributed by atoms with van der Waals surface area (Å²) in [6.07, 6.45) is 5.46. The largest absolute Gasteiger partial charge is 0.446 e. The molecule has 1 rings (SSSR count). The molecule has 136 valence electrons. The lowest BCUT2D eigenvalue weighted by Crippen LogP contribution is -2.37. The van der Waals surface area contributed by atoms with Crippen molar-refractivity contribution >= 4 is 11.8 Å². The second-order valence-corrected chi connectivity index (χ2v) is 6.29. The van der Waals surface area contributed by atoms with Crippen molar-refractivity contribution in [2.24, 2.45) is 0 Å². The van der Waals surface area contributed by atoms with E-state index in [2.05, 4.69) is 17.2 Å². The zero-order valence-electron chi connectivity index (χ0n) is 15.6. The summed E-state index contributed by atoms with van der Waals surface area (Å²) in [6.45, 7) is 10.4. The van der Waals surface area contributed by atoms with Crippen molar-refractivity contribution < 1.29 is 14.0 Å². The zero-order chi connectivity index (χ0) is 18.1. The van der Waals surface area contributed by atoms with Crippen molar-refractivity contribution in [1.82, 2.24) is 15.2 Å². The van der Waals surface area contributed by atoms with E-state index >= 15 is 0 Å². The van der Waals surface area contributed by atoms with Gasteiger partial charge in [0, 0.05) is 18.5 Å². The van der Waals surface area contributed by atoms with Crippen LogP contribution in [-0.4, -0.2) is 33.8 Å². The van der Waals surface area contributed by atoms with Gasteiger partial charge in [0.25, 0.3) is 5.91 Å². The second-order valence-electron chi connectivity index (χ2n) is 6.29. The van der Waals surface area contributed by atoms with Crippen LogP contribution in [0.3, 0.4) is 0 Å². The molecule has 24 heavy (non-hydrogen) atoms. The second kappa shape index (κ2) is 10.1. The van der Waals surface area contributed by atoms with E-state index in [9.17, 15) is 9.59 Å². The number of oxazole rings is 1. The first-order valence-electron chi connectivity index (χ1n) is 8.97. The Morgan fingerprint density at radius 2 is 1.96 bits per heavy atom. The maximum Gasteiger partial charge on any atom is 0.273 e. The maximum absolute atomic E-state index is 12.4. The van der Waals surface area contributed by atoms with Gasteiger partial charge in [-0.25, -0.2) is 4.98 Å². The van der Waals surface area contributed by atoms with Crippen LogP contribution in [0.5, 0.6) is 0 Å². The van der Waals surface area contributed by atoms with E-state index in [1.165, 1.54) is 6.26 Å². The Labute approximate surface area is 145 Å². The van der Waals surface area contributed by atoms with E-state index in [0.29, 0.717) is 18.9 Å². The summed E-state index contributed by atoms with van der Waals surface area (Å²) >= 11 is 0. The van der Waals surface area contributed by atoms with Gasteiger partial charge < -0.3 is 14.6 Å². The first-order valence-corrected chi connectivity index (χ1v) is 8.97. The lowest BCUT2D eigenvalue weighted by molar-refractivity contribution is -0.134. The average Bonchev–Trinajstić information content (AvgIpc) is 3.05. The van der Waals surface area contributed by atoms with Gasteiger partial charge >= 0.3 is 0 Å². The molecule has 0 spiro atoms. The number of hydrogen-bond donors (Lipinski definition) is 1. The van der Waals surface area contributed by atoms with Crippen LogP contribution in [-0.2, 0) is 11.3 Å². The number of aromatic nitrogens is 1. The van der Waals surface area contributed by atoms with Gasteiger partial charge in [0.15, 0.2) is 5.69 Å². The Morgan fingerprint density at radius 3 is 2.54 bits per heavy atom. The van der Waals surface area contributed by atoms with Crippen molar-refractivity contribution in [3.8, 4) is 0 Å². The highest BCUT2D eigenvalue weighted by molar-refractivity contribution is 5.92. The van der Waals surface area contributed by atoms with Crippen molar-refractivity contribution in [2.75, 3.05) is 0 Å². The summed E-state index contributed by atoms with van der Waals surface area (Å²) in [5.41, 5.74) is 0.260. The van der Waals surface area contributed by atoms with Crippen LogP contribution in [0.1, 0.15) is 83.1 Å². The van der Waals surface area contributed by atoms with Gasteiger partial charge in [-0.3, -0.25) is 9.59 Å². The fourth-order valence-electron chi connectivity index (χ4n) is 2.22. The SMILES string of the molecule is CCCCC(=O)N(Cc1nc(C(=O)N[C@@H](C)CC)co1)[C@H](C)CC. The van der Waals surface area contributed by atoms with Crippen LogP contribution in [0, 0.1) is 0 Å². The molecule has 0 unspecified atom stereocenters. The minimum Gasteiger partial charge on any atom is -0.446 e. The van der Waals surface area contributed by atoms with E-state index in [-0.39, 0.29) is 29.6 Å². The highest BCUT2D eigenvalue weighted by Crippen LogP contribution is 2.14. The highest BCUT2D eigenvalue weighted by atomic mass is 16.3. The summed E-state index contributed by atoms with van der Waals surface area (Å²) < 4.78 is 5.41. The Balaban J connectivity index is 2.77. The Kier molecular flexibility index (Phi) is 8.50. The number of hydrogen-bond acceptors (Lipinski definition) is 4. The predicted octanol–water partition coefficient (Wildman–Crippen LogP) is 3.52. The molecular formula is C18H31N3O3. The van der Waals surface area contributed by atoms with Crippen LogP contribution < -0.4 is 5.32 Å². The first-order chi connectivity index (χ1) is 11.4. The third kappa shape index (κ3) is 5.98. The topological polar surface area (TPSA) is 75.4 Å². The van der Waals surface area contributed by atoms with Crippen molar-refractivity contribution in [3.63, 3.8) is 0 Å². The number of carbonyl (C=O) groups excluding carboxylic acids is 2. The molecule has 6 nitrogen and oxygen atoms in total. The van der Waals surface area contributed by atoms with Gasteiger partial charge in [-0.2, -0.15) is 0 Å². The molecule has 0 bridgehead atoms. The van der Waals surface area contributed by atoms with Crippen molar-refractivity contribution in [3.05, 3.63) is 17.8 Å². The smallest absolute Gasteiger partial charge is 0.273 e. The van der Waals surface area contributed by atoms with E-state index in [1.807, 2.05) is 27.7 Å². The fraction of sp³-hybridized carbons (Fsp3) is 0.722. The van der Waals surface area contributed by atoms with Gasteiger partial charge in [-0.1, -0.05) is 27.2 Å². The van der Waals surface area contributed by atoms with Crippen LogP contribution >= 0.6 is 0 Å².